The molecule has 24 heavy (non-hydrogen) atoms. The molecule has 0 unspecified atom stereocenters. The molecule has 0 spiro atoms. The Morgan fingerprint density at radius 1 is 1.33 bits per heavy atom. The number of rotatable bonds is 2. The summed E-state index contributed by atoms with van der Waals surface area (Å²) >= 11 is 11.5. The molecule has 1 aliphatic heterocycles. The molecule has 3 aromatic rings. The highest BCUT2D eigenvalue weighted by Crippen LogP contribution is 2.25. The SMILES string of the molecule is Cc1ccc2nc(Cl)c(CN3CCc4[nH]c(=S)ncc4C3)cc2c1. The van der Waals surface area contributed by atoms with Gasteiger partial charge in [-0.3, -0.25) is 4.90 Å². The normalized spacial score (nSPS) is 14.8. The Kier molecular flexibility index (Phi) is 4.08. The molecular weight excluding hydrogens is 340 g/mol. The molecule has 1 aliphatic rings. The van der Waals surface area contributed by atoms with Gasteiger partial charge in [-0.25, -0.2) is 9.97 Å². The van der Waals surface area contributed by atoms with E-state index in [9.17, 15) is 0 Å². The topological polar surface area (TPSA) is 44.8 Å². The lowest BCUT2D eigenvalue weighted by Gasteiger charge is -2.28. The van der Waals surface area contributed by atoms with Gasteiger partial charge in [0.1, 0.15) is 5.15 Å². The first-order valence-corrected chi connectivity index (χ1v) is 8.72. The van der Waals surface area contributed by atoms with E-state index in [0.29, 0.717) is 9.92 Å². The van der Waals surface area contributed by atoms with Crippen LogP contribution in [0, 0.1) is 11.7 Å². The molecule has 0 radical (unpaired) electrons. The van der Waals surface area contributed by atoms with Gasteiger partial charge in [0.25, 0.3) is 0 Å². The van der Waals surface area contributed by atoms with E-state index in [1.54, 1.807) is 0 Å². The number of H-pyrrole nitrogens is 1. The van der Waals surface area contributed by atoms with E-state index in [0.717, 1.165) is 42.5 Å². The maximum atomic E-state index is 6.41. The van der Waals surface area contributed by atoms with Crippen LogP contribution in [0.25, 0.3) is 10.9 Å². The summed E-state index contributed by atoms with van der Waals surface area (Å²) in [6.45, 7) is 4.68. The van der Waals surface area contributed by atoms with Crippen LogP contribution in [0.4, 0.5) is 0 Å². The predicted octanol–water partition coefficient (Wildman–Crippen LogP) is 4.21. The van der Waals surface area contributed by atoms with Crippen LogP contribution in [-0.2, 0) is 19.5 Å². The molecule has 0 amide bonds. The van der Waals surface area contributed by atoms with Gasteiger partial charge in [0.2, 0.25) is 0 Å². The third kappa shape index (κ3) is 3.07. The fourth-order valence-corrected chi connectivity index (χ4v) is 3.59. The van der Waals surface area contributed by atoms with Gasteiger partial charge in [0.05, 0.1) is 5.52 Å². The smallest absolute Gasteiger partial charge is 0.196 e. The van der Waals surface area contributed by atoms with Crippen LogP contribution < -0.4 is 0 Å². The van der Waals surface area contributed by atoms with E-state index in [4.69, 9.17) is 23.8 Å². The zero-order valence-corrected chi connectivity index (χ0v) is 14.9. The molecule has 3 heterocycles. The van der Waals surface area contributed by atoms with Crippen LogP contribution in [0.15, 0.2) is 30.5 Å². The van der Waals surface area contributed by atoms with Crippen molar-refractivity contribution in [3.8, 4) is 0 Å². The largest absolute Gasteiger partial charge is 0.334 e. The minimum Gasteiger partial charge on any atom is -0.334 e. The Morgan fingerprint density at radius 3 is 3.08 bits per heavy atom. The number of hydrogen-bond acceptors (Lipinski definition) is 4. The lowest BCUT2D eigenvalue weighted by Crippen LogP contribution is -2.31. The van der Waals surface area contributed by atoms with E-state index in [1.807, 2.05) is 12.3 Å². The van der Waals surface area contributed by atoms with E-state index in [-0.39, 0.29) is 0 Å². The quantitative estimate of drug-likeness (QED) is 0.552. The maximum Gasteiger partial charge on any atom is 0.196 e. The number of nitrogens with one attached hydrogen (secondary N) is 1. The molecule has 1 aromatic carbocycles. The van der Waals surface area contributed by atoms with E-state index in [1.165, 1.54) is 16.8 Å². The van der Waals surface area contributed by atoms with Gasteiger partial charge < -0.3 is 4.98 Å². The molecule has 1 N–H and O–H groups in total. The van der Waals surface area contributed by atoms with E-state index < -0.39 is 0 Å². The van der Waals surface area contributed by atoms with Crippen LogP contribution >= 0.6 is 23.8 Å². The Hall–Kier alpha value is -1.82. The third-order valence-corrected chi connectivity index (χ3v) is 4.98. The highest BCUT2D eigenvalue weighted by Gasteiger charge is 2.18. The monoisotopic (exact) mass is 356 g/mol. The molecule has 0 bridgehead atoms. The number of benzene rings is 1. The molecule has 4 rings (SSSR count). The van der Waals surface area contributed by atoms with Crippen molar-refractivity contribution >= 4 is 34.7 Å². The molecule has 0 fully saturated rings. The first kappa shape index (κ1) is 15.7. The minimum absolute atomic E-state index is 0.555. The van der Waals surface area contributed by atoms with Gasteiger partial charge in [-0.15, -0.1) is 0 Å². The molecule has 0 aliphatic carbocycles. The fourth-order valence-electron chi connectivity index (χ4n) is 3.21. The summed E-state index contributed by atoms with van der Waals surface area (Å²) < 4.78 is 0.555. The number of aryl methyl sites for hydroxylation is 1. The molecule has 0 saturated carbocycles. The highest BCUT2D eigenvalue weighted by molar-refractivity contribution is 7.71. The van der Waals surface area contributed by atoms with Crippen molar-refractivity contribution in [1.29, 1.82) is 0 Å². The van der Waals surface area contributed by atoms with Crippen molar-refractivity contribution < 1.29 is 0 Å². The Morgan fingerprint density at radius 2 is 2.21 bits per heavy atom. The summed E-state index contributed by atoms with van der Waals surface area (Å²) in [7, 11) is 0. The number of aromatic nitrogens is 3. The Labute approximate surface area is 150 Å². The van der Waals surface area contributed by atoms with Crippen LogP contribution in [-0.4, -0.2) is 26.4 Å². The molecular formula is C18H17ClN4S. The van der Waals surface area contributed by atoms with Gasteiger partial charge in [-0.2, -0.15) is 0 Å². The summed E-state index contributed by atoms with van der Waals surface area (Å²) in [5.74, 6) is 0. The molecule has 6 heteroatoms. The average Bonchev–Trinajstić information content (AvgIpc) is 2.56. The first-order valence-electron chi connectivity index (χ1n) is 7.94. The number of aromatic amines is 1. The summed E-state index contributed by atoms with van der Waals surface area (Å²) in [5, 5.41) is 1.72. The van der Waals surface area contributed by atoms with E-state index in [2.05, 4.69) is 45.0 Å². The standard InChI is InChI=1S/C18H17ClN4S/c1-11-2-3-15-12(6-11)7-13(17(19)21-15)9-23-5-4-16-14(10-23)8-20-18(24)22-16/h2-3,6-8H,4-5,9-10H2,1H3,(H,20,22,24). The van der Waals surface area contributed by atoms with Crippen molar-refractivity contribution in [3.05, 3.63) is 62.8 Å². The zero-order chi connectivity index (χ0) is 16.7. The van der Waals surface area contributed by atoms with Gasteiger partial charge in [0, 0.05) is 54.5 Å². The fraction of sp³-hybridized carbons (Fsp3) is 0.278. The predicted molar refractivity (Wildman–Crippen MR) is 98.7 cm³/mol. The molecule has 0 atom stereocenters. The van der Waals surface area contributed by atoms with Crippen molar-refractivity contribution in [1.82, 2.24) is 19.9 Å². The number of nitrogens with zero attached hydrogens (tertiary/aromatic N) is 3. The van der Waals surface area contributed by atoms with E-state index >= 15 is 0 Å². The van der Waals surface area contributed by atoms with Gasteiger partial charge in [-0.05, 0) is 37.3 Å². The minimum atomic E-state index is 0.555. The zero-order valence-electron chi connectivity index (χ0n) is 13.3. The number of hydrogen-bond donors (Lipinski definition) is 1. The van der Waals surface area contributed by atoms with Crippen molar-refractivity contribution in [2.45, 2.75) is 26.4 Å². The van der Waals surface area contributed by atoms with Crippen LogP contribution in [0.3, 0.4) is 0 Å². The lowest BCUT2D eigenvalue weighted by molar-refractivity contribution is 0.242. The number of fused-ring (bicyclic) bond motifs is 2. The maximum absolute atomic E-state index is 6.41. The molecule has 4 nitrogen and oxygen atoms in total. The van der Waals surface area contributed by atoms with Crippen LogP contribution in [0.2, 0.25) is 5.15 Å². The van der Waals surface area contributed by atoms with Crippen LogP contribution in [0.1, 0.15) is 22.4 Å². The average molecular weight is 357 g/mol. The molecule has 2 aromatic heterocycles. The summed E-state index contributed by atoms with van der Waals surface area (Å²) in [6.07, 6.45) is 2.82. The summed E-state index contributed by atoms with van der Waals surface area (Å²) in [4.78, 5) is 14.3. The number of halogens is 1. The Balaban J connectivity index is 1.61. The van der Waals surface area contributed by atoms with Crippen molar-refractivity contribution in [3.63, 3.8) is 0 Å². The van der Waals surface area contributed by atoms with Gasteiger partial charge in [-0.1, -0.05) is 23.2 Å². The van der Waals surface area contributed by atoms with Gasteiger partial charge in [0.15, 0.2) is 4.77 Å². The summed E-state index contributed by atoms with van der Waals surface area (Å²) in [6, 6.07) is 8.39. The van der Waals surface area contributed by atoms with Crippen molar-refractivity contribution in [2.75, 3.05) is 6.54 Å². The second-order valence-corrected chi connectivity index (χ2v) is 7.03. The van der Waals surface area contributed by atoms with Crippen molar-refractivity contribution in [2.24, 2.45) is 0 Å². The number of pyridine rings is 1. The second kappa shape index (κ2) is 6.24. The summed E-state index contributed by atoms with van der Waals surface area (Å²) in [5.41, 5.74) is 5.64. The lowest BCUT2D eigenvalue weighted by atomic mass is 10.1. The highest BCUT2D eigenvalue weighted by atomic mass is 35.5. The van der Waals surface area contributed by atoms with Gasteiger partial charge >= 0.3 is 0 Å². The Bertz CT molecular complexity index is 982. The van der Waals surface area contributed by atoms with Crippen LogP contribution in [0.5, 0.6) is 0 Å². The first-order chi connectivity index (χ1) is 11.6. The second-order valence-electron chi connectivity index (χ2n) is 6.29. The molecule has 0 saturated heterocycles. The molecule has 122 valence electrons. The third-order valence-electron chi connectivity index (χ3n) is 4.45.